The number of sulfonamides is 1. The highest BCUT2D eigenvalue weighted by Gasteiger charge is 2.17. The zero-order chi connectivity index (χ0) is 14.0. The van der Waals surface area contributed by atoms with E-state index in [2.05, 4.69) is 32.1 Å². The molecule has 0 bridgehead atoms. The van der Waals surface area contributed by atoms with Crippen LogP contribution in [-0.2, 0) is 15.4 Å². The third kappa shape index (κ3) is 3.96. The molecule has 1 aromatic rings. The molecule has 0 aromatic heterocycles. The topological polar surface area (TPSA) is 46.2 Å². The fourth-order valence-corrected chi connectivity index (χ4v) is 2.53. The lowest BCUT2D eigenvalue weighted by molar-refractivity contribution is 0.580. The van der Waals surface area contributed by atoms with Crippen molar-refractivity contribution < 1.29 is 8.42 Å². The van der Waals surface area contributed by atoms with Crippen LogP contribution < -0.4 is 4.72 Å². The summed E-state index contributed by atoms with van der Waals surface area (Å²) < 4.78 is 26.4. The molecule has 0 aliphatic rings. The van der Waals surface area contributed by atoms with Gasteiger partial charge in [0.15, 0.2) is 0 Å². The van der Waals surface area contributed by atoms with Crippen molar-refractivity contribution in [1.82, 2.24) is 4.72 Å². The third-order valence-corrected chi connectivity index (χ3v) is 4.01. The van der Waals surface area contributed by atoms with Crippen molar-refractivity contribution in [2.24, 2.45) is 0 Å². The predicted octanol–water partition coefficient (Wildman–Crippen LogP) is 2.84. The molecule has 0 amide bonds. The van der Waals surface area contributed by atoms with Gasteiger partial charge in [0.2, 0.25) is 10.0 Å². The summed E-state index contributed by atoms with van der Waals surface area (Å²) in [6.07, 6.45) is 0. The minimum Gasteiger partial charge on any atom is -0.207 e. The lowest BCUT2D eigenvalue weighted by atomic mass is 9.87. The van der Waals surface area contributed by atoms with E-state index < -0.39 is 10.0 Å². The zero-order valence-electron chi connectivity index (χ0n) is 11.4. The van der Waals surface area contributed by atoms with E-state index in [1.807, 2.05) is 12.1 Å². The van der Waals surface area contributed by atoms with Crippen LogP contribution >= 0.6 is 0 Å². The summed E-state index contributed by atoms with van der Waals surface area (Å²) in [5, 5.41) is 0. The Kier molecular flexibility index (Phi) is 4.35. The second-order valence-corrected chi connectivity index (χ2v) is 7.32. The molecule has 0 aliphatic heterocycles. The number of hydrogen-bond acceptors (Lipinski definition) is 2. The van der Waals surface area contributed by atoms with Crippen molar-refractivity contribution in [2.75, 3.05) is 6.54 Å². The Labute approximate surface area is 110 Å². The maximum Gasteiger partial charge on any atom is 0.240 e. The first-order valence-corrected chi connectivity index (χ1v) is 7.36. The molecule has 0 spiro atoms. The van der Waals surface area contributed by atoms with Crippen LogP contribution in [-0.4, -0.2) is 15.0 Å². The molecule has 0 fully saturated rings. The molecular weight excluding hydrogens is 246 g/mol. The first-order chi connectivity index (χ1) is 8.13. The molecule has 1 N–H and O–H groups in total. The van der Waals surface area contributed by atoms with E-state index in [1.165, 1.54) is 0 Å². The van der Waals surface area contributed by atoms with E-state index in [-0.39, 0.29) is 16.9 Å². The quantitative estimate of drug-likeness (QED) is 0.853. The summed E-state index contributed by atoms with van der Waals surface area (Å²) in [5.41, 5.74) is 1.92. The second-order valence-electron chi connectivity index (χ2n) is 5.56. The predicted molar refractivity (Wildman–Crippen MR) is 75.1 cm³/mol. The molecule has 0 heterocycles. The molecular formula is C14H21NO2S. The average Bonchev–Trinajstić information content (AvgIpc) is 2.26. The van der Waals surface area contributed by atoms with Gasteiger partial charge in [-0.1, -0.05) is 45.1 Å². The average molecular weight is 267 g/mol. The van der Waals surface area contributed by atoms with Gasteiger partial charge in [-0.2, -0.15) is 0 Å². The Morgan fingerprint density at radius 1 is 1.22 bits per heavy atom. The van der Waals surface area contributed by atoms with Crippen LogP contribution in [0.15, 0.2) is 41.3 Å². The molecule has 1 rings (SSSR count). The van der Waals surface area contributed by atoms with Crippen LogP contribution in [0, 0.1) is 0 Å². The zero-order valence-corrected chi connectivity index (χ0v) is 12.3. The van der Waals surface area contributed by atoms with Crippen LogP contribution in [0.2, 0.25) is 0 Å². The lowest BCUT2D eigenvalue weighted by Gasteiger charge is -2.19. The minimum absolute atomic E-state index is 0.0213. The standard InChI is InChI=1S/C14H21NO2S/c1-11(2)10-15-18(16,17)13-8-6-12(7-9-13)14(3,4)5/h6-9,15H,1,10H2,2-5H3. The Bertz CT molecular complexity index is 522. The highest BCUT2D eigenvalue weighted by molar-refractivity contribution is 7.89. The van der Waals surface area contributed by atoms with E-state index in [4.69, 9.17) is 0 Å². The summed E-state index contributed by atoms with van der Waals surface area (Å²) in [6.45, 7) is 12.0. The first kappa shape index (κ1) is 14.9. The maximum atomic E-state index is 11.9. The van der Waals surface area contributed by atoms with Crippen molar-refractivity contribution in [3.05, 3.63) is 42.0 Å². The Morgan fingerprint density at radius 3 is 2.11 bits per heavy atom. The van der Waals surface area contributed by atoms with E-state index in [0.717, 1.165) is 11.1 Å². The van der Waals surface area contributed by atoms with Gasteiger partial charge in [-0.3, -0.25) is 0 Å². The molecule has 18 heavy (non-hydrogen) atoms. The molecule has 0 saturated heterocycles. The highest BCUT2D eigenvalue weighted by atomic mass is 32.2. The largest absolute Gasteiger partial charge is 0.240 e. The number of hydrogen-bond donors (Lipinski definition) is 1. The van der Waals surface area contributed by atoms with Crippen molar-refractivity contribution in [3.8, 4) is 0 Å². The Hall–Kier alpha value is -1.13. The molecule has 0 radical (unpaired) electrons. The van der Waals surface area contributed by atoms with Crippen LogP contribution in [0.4, 0.5) is 0 Å². The lowest BCUT2D eigenvalue weighted by Crippen LogP contribution is -2.25. The van der Waals surface area contributed by atoms with Gasteiger partial charge < -0.3 is 0 Å². The molecule has 0 atom stereocenters. The second kappa shape index (κ2) is 5.24. The van der Waals surface area contributed by atoms with Gasteiger partial charge in [-0.05, 0) is 30.0 Å². The number of rotatable bonds is 4. The van der Waals surface area contributed by atoms with Gasteiger partial charge in [0.05, 0.1) is 4.90 Å². The van der Waals surface area contributed by atoms with Gasteiger partial charge in [0.1, 0.15) is 0 Å². The van der Waals surface area contributed by atoms with Crippen molar-refractivity contribution in [3.63, 3.8) is 0 Å². The Balaban J connectivity index is 2.95. The molecule has 100 valence electrons. The van der Waals surface area contributed by atoms with Gasteiger partial charge in [-0.25, -0.2) is 13.1 Å². The number of nitrogens with one attached hydrogen (secondary N) is 1. The Morgan fingerprint density at radius 2 is 1.72 bits per heavy atom. The summed E-state index contributed by atoms with van der Waals surface area (Å²) in [6, 6.07) is 6.99. The SMILES string of the molecule is C=C(C)CNS(=O)(=O)c1ccc(C(C)(C)C)cc1. The molecule has 3 nitrogen and oxygen atoms in total. The summed E-state index contributed by atoms with van der Waals surface area (Å²) in [4.78, 5) is 0.289. The summed E-state index contributed by atoms with van der Waals surface area (Å²) >= 11 is 0. The summed E-state index contributed by atoms with van der Waals surface area (Å²) in [7, 11) is -3.43. The minimum atomic E-state index is -3.43. The van der Waals surface area contributed by atoms with Crippen LogP contribution in [0.1, 0.15) is 33.3 Å². The van der Waals surface area contributed by atoms with Crippen molar-refractivity contribution in [2.45, 2.75) is 38.0 Å². The number of benzene rings is 1. The monoisotopic (exact) mass is 267 g/mol. The van der Waals surface area contributed by atoms with Crippen LogP contribution in [0.25, 0.3) is 0 Å². The first-order valence-electron chi connectivity index (χ1n) is 5.87. The van der Waals surface area contributed by atoms with Gasteiger partial charge >= 0.3 is 0 Å². The van der Waals surface area contributed by atoms with Crippen LogP contribution in [0.5, 0.6) is 0 Å². The highest BCUT2D eigenvalue weighted by Crippen LogP contribution is 2.23. The van der Waals surface area contributed by atoms with E-state index in [1.54, 1.807) is 19.1 Å². The van der Waals surface area contributed by atoms with E-state index >= 15 is 0 Å². The fourth-order valence-electron chi connectivity index (χ4n) is 1.44. The van der Waals surface area contributed by atoms with E-state index in [0.29, 0.717) is 0 Å². The normalized spacial score (nSPS) is 12.4. The third-order valence-electron chi connectivity index (χ3n) is 2.59. The van der Waals surface area contributed by atoms with Crippen LogP contribution in [0.3, 0.4) is 0 Å². The van der Waals surface area contributed by atoms with Crippen molar-refractivity contribution >= 4 is 10.0 Å². The maximum absolute atomic E-state index is 11.9. The summed E-state index contributed by atoms with van der Waals surface area (Å²) in [5.74, 6) is 0. The van der Waals surface area contributed by atoms with Crippen molar-refractivity contribution in [1.29, 1.82) is 0 Å². The molecule has 0 saturated carbocycles. The molecule has 4 heteroatoms. The van der Waals surface area contributed by atoms with E-state index in [9.17, 15) is 8.42 Å². The molecule has 1 aromatic carbocycles. The smallest absolute Gasteiger partial charge is 0.207 e. The van der Waals surface area contributed by atoms with Gasteiger partial charge in [0, 0.05) is 6.54 Å². The molecule has 0 unspecified atom stereocenters. The fraction of sp³-hybridized carbons (Fsp3) is 0.429. The van der Waals surface area contributed by atoms with Gasteiger partial charge in [0.25, 0.3) is 0 Å². The van der Waals surface area contributed by atoms with Gasteiger partial charge in [-0.15, -0.1) is 0 Å². The molecule has 0 aliphatic carbocycles.